The van der Waals surface area contributed by atoms with E-state index >= 15 is 0 Å². The van der Waals surface area contributed by atoms with Crippen molar-refractivity contribution in [3.63, 3.8) is 0 Å². The van der Waals surface area contributed by atoms with Gasteiger partial charge in [-0.1, -0.05) is 18.1 Å². The summed E-state index contributed by atoms with van der Waals surface area (Å²) < 4.78 is 0. The molecule has 2 aliphatic rings. The Bertz CT molecular complexity index is 267. The van der Waals surface area contributed by atoms with Crippen LogP contribution in [0.2, 0.25) is 0 Å². The maximum absolute atomic E-state index is 12.1. The van der Waals surface area contributed by atoms with Crippen LogP contribution in [0.3, 0.4) is 0 Å². The standard InChI is InChI=1S/C12H20N2O/c1-10-5-8-14(9-6-10)12(15)11-4-2-3-7-13-11/h5,11,13H,2-4,6-9H2,1H3/t11-/m0/s1. The van der Waals surface area contributed by atoms with E-state index in [0.29, 0.717) is 5.91 Å². The van der Waals surface area contributed by atoms with Crippen molar-refractivity contribution >= 4 is 5.91 Å². The number of nitrogens with one attached hydrogen (secondary N) is 1. The van der Waals surface area contributed by atoms with Crippen LogP contribution < -0.4 is 5.32 Å². The van der Waals surface area contributed by atoms with Gasteiger partial charge in [-0.05, 0) is 32.7 Å². The summed E-state index contributed by atoms with van der Waals surface area (Å²) in [6.45, 7) is 4.85. The first-order valence-corrected chi connectivity index (χ1v) is 5.95. The lowest BCUT2D eigenvalue weighted by Crippen LogP contribution is -2.49. The van der Waals surface area contributed by atoms with Crippen LogP contribution in [0.25, 0.3) is 0 Å². The molecule has 0 aliphatic carbocycles. The Morgan fingerprint density at radius 1 is 1.53 bits per heavy atom. The van der Waals surface area contributed by atoms with Crippen molar-refractivity contribution in [2.75, 3.05) is 19.6 Å². The van der Waals surface area contributed by atoms with Crippen LogP contribution >= 0.6 is 0 Å². The smallest absolute Gasteiger partial charge is 0.239 e. The van der Waals surface area contributed by atoms with E-state index in [9.17, 15) is 4.79 Å². The zero-order valence-electron chi connectivity index (χ0n) is 9.46. The molecule has 84 valence electrons. The Balaban J connectivity index is 1.90. The van der Waals surface area contributed by atoms with Crippen molar-refractivity contribution in [3.8, 4) is 0 Å². The maximum Gasteiger partial charge on any atom is 0.239 e. The zero-order chi connectivity index (χ0) is 10.7. The van der Waals surface area contributed by atoms with E-state index < -0.39 is 0 Å². The van der Waals surface area contributed by atoms with E-state index in [2.05, 4.69) is 18.3 Å². The van der Waals surface area contributed by atoms with Crippen LogP contribution in [0.1, 0.15) is 32.6 Å². The molecule has 0 saturated carbocycles. The van der Waals surface area contributed by atoms with Gasteiger partial charge in [0, 0.05) is 13.1 Å². The fourth-order valence-corrected chi connectivity index (χ4v) is 2.25. The summed E-state index contributed by atoms with van der Waals surface area (Å²) in [5, 5.41) is 3.32. The summed E-state index contributed by atoms with van der Waals surface area (Å²) in [7, 11) is 0. The molecular formula is C12H20N2O. The summed E-state index contributed by atoms with van der Waals surface area (Å²) in [6, 6.07) is 0.0885. The molecule has 2 rings (SSSR count). The number of carbonyl (C=O) groups is 1. The fraction of sp³-hybridized carbons (Fsp3) is 0.750. The molecular weight excluding hydrogens is 188 g/mol. The average Bonchev–Trinajstić information content (AvgIpc) is 2.30. The number of carbonyl (C=O) groups excluding carboxylic acids is 1. The Kier molecular flexibility index (Phi) is 3.41. The predicted octanol–water partition coefficient (Wildman–Crippen LogP) is 1.31. The molecule has 0 unspecified atom stereocenters. The monoisotopic (exact) mass is 208 g/mol. The van der Waals surface area contributed by atoms with Crippen molar-refractivity contribution in [1.29, 1.82) is 0 Å². The molecule has 0 aromatic carbocycles. The van der Waals surface area contributed by atoms with Gasteiger partial charge in [-0.2, -0.15) is 0 Å². The number of rotatable bonds is 1. The van der Waals surface area contributed by atoms with Gasteiger partial charge in [-0.15, -0.1) is 0 Å². The number of amides is 1. The van der Waals surface area contributed by atoms with E-state index in [4.69, 9.17) is 0 Å². The van der Waals surface area contributed by atoms with Gasteiger partial charge in [0.1, 0.15) is 0 Å². The molecule has 1 saturated heterocycles. The zero-order valence-corrected chi connectivity index (χ0v) is 9.46. The third-order valence-corrected chi connectivity index (χ3v) is 3.36. The van der Waals surface area contributed by atoms with Crippen LogP contribution in [0.15, 0.2) is 11.6 Å². The first-order valence-electron chi connectivity index (χ1n) is 5.95. The average molecular weight is 208 g/mol. The Labute approximate surface area is 91.5 Å². The van der Waals surface area contributed by atoms with Crippen LogP contribution in [-0.4, -0.2) is 36.5 Å². The summed E-state index contributed by atoms with van der Waals surface area (Å²) in [4.78, 5) is 14.1. The minimum atomic E-state index is 0.0885. The highest BCUT2D eigenvalue weighted by molar-refractivity contribution is 5.82. The highest BCUT2D eigenvalue weighted by Gasteiger charge is 2.25. The molecule has 0 radical (unpaired) electrons. The van der Waals surface area contributed by atoms with Crippen molar-refractivity contribution in [3.05, 3.63) is 11.6 Å². The van der Waals surface area contributed by atoms with Crippen LogP contribution in [0, 0.1) is 0 Å². The van der Waals surface area contributed by atoms with Gasteiger partial charge in [0.2, 0.25) is 5.91 Å². The lowest BCUT2D eigenvalue weighted by Gasteiger charge is -2.31. The highest BCUT2D eigenvalue weighted by atomic mass is 16.2. The van der Waals surface area contributed by atoms with Gasteiger partial charge in [0.15, 0.2) is 0 Å². The summed E-state index contributed by atoms with van der Waals surface area (Å²) in [5.74, 6) is 0.304. The molecule has 3 heteroatoms. The number of hydrogen-bond donors (Lipinski definition) is 1. The molecule has 0 aromatic rings. The molecule has 1 atom stereocenters. The summed E-state index contributed by atoms with van der Waals surface area (Å²) in [6.07, 6.45) is 6.62. The molecule has 2 aliphatic heterocycles. The SMILES string of the molecule is CC1=CCN(C(=O)[C@@H]2CCCCN2)CC1. The van der Waals surface area contributed by atoms with E-state index in [1.807, 2.05) is 4.90 Å². The second-order valence-electron chi connectivity index (χ2n) is 4.59. The molecule has 1 amide bonds. The van der Waals surface area contributed by atoms with Crippen LogP contribution in [0.5, 0.6) is 0 Å². The minimum Gasteiger partial charge on any atom is -0.337 e. The topological polar surface area (TPSA) is 32.3 Å². The van der Waals surface area contributed by atoms with E-state index in [1.54, 1.807) is 0 Å². The van der Waals surface area contributed by atoms with Gasteiger partial charge in [-0.3, -0.25) is 4.79 Å². The number of piperidine rings is 1. The molecule has 0 aromatic heterocycles. The molecule has 1 N–H and O–H groups in total. The molecule has 15 heavy (non-hydrogen) atoms. The number of hydrogen-bond acceptors (Lipinski definition) is 2. The molecule has 2 heterocycles. The van der Waals surface area contributed by atoms with Gasteiger partial charge >= 0.3 is 0 Å². The second kappa shape index (κ2) is 4.79. The quantitative estimate of drug-likeness (QED) is 0.659. The van der Waals surface area contributed by atoms with Gasteiger partial charge in [0.05, 0.1) is 6.04 Å². The number of nitrogens with zero attached hydrogens (tertiary/aromatic N) is 1. The third-order valence-electron chi connectivity index (χ3n) is 3.36. The van der Waals surface area contributed by atoms with E-state index in [0.717, 1.165) is 32.5 Å². The summed E-state index contributed by atoms with van der Waals surface area (Å²) >= 11 is 0. The Hall–Kier alpha value is -0.830. The first-order chi connectivity index (χ1) is 7.27. The second-order valence-corrected chi connectivity index (χ2v) is 4.59. The summed E-state index contributed by atoms with van der Waals surface area (Å²) in [5.41, 5.74) is 1.41. The van der Waals surface area contributed by atoms with Crippen molar-refractivity contribution in [2.24, 2.45) is 0 Å². The maximum atomic E-state index is 12.1. The van der Waals surface area contributed by atoms with Crippen LogP contribution in [0.4, 0.5) is 0 Å². The third kappa shape index (κ3) is 2.59. The Morgan fingerprint density at radius 3 is 3.00 bits per heavy atom. The molecule has 3 nitrogen and oxygen atoms in total. The highest BCUT2D eigenvalue weighted by Crippen LogP contribution is 2.14. The first kappa shape index (κ1) is 10.7. The van der Waals surface area contributed by atoms with Gasteiger partial charge in [-0.25, -0.2) is 0 Å². The molecule has 1 fully saturated rings. The lowest BCUT2D eigenvalue weighted by molar-refractivity contribution is -0.133. The molecule has 0 bridgehead atoms. The van der Waals surface area contributed by atoms with Crippen molar-refractivity contribution in [1.82, 2.24) is 10.2 Å². The Morgan fingerprint density at radius 2 is 2.40 bits per heavy atom. The predicted molar refractivity (Wildman–Crippen MR) is 60.6 cm³/mol. The van der Waals surface area contributed by atoms with E-state index in [1.165, 1.54) is 18.4 Å². The lowest BCUT2D eigenvalue weighted by atomic mass is 10.0. The minimum absolute atomic E-state index is 0.0885. The van der Waals surface area contributed by atoms with Gasteiger partial charge in [0.25, 0.3) is 0 Å². The van der Waals surface area contributed by atoms with Crippen LogP contribution in [-0.2, 0) is 4.79 Å². The van der Waals surface area contributed by atoms with E-state index in [-0.39, 0.29) is 6.04 Å². The fourth-order valence-electron chi connectivity index (χ4n) is 2.25. The van der Waals surface area contributed by atoms with Crippen molar-refractivity contribution < 1.29 is 4.79 Å². The molecule has 0 spiro atoms. The largest absolute Gasteiger partial charge is 0.337 e. The normalized spacial score (nSPS) is 27.4. The van der Waals surface area contributed by atoms with Crippen molar-refractivity contribution in [2.45, 2.75) is 38.6 Å². The van der Waals surface area contributed by atoms with Gasteiger partial charge < -0.3 is 10.2 Å².